The maximum atomic E-state index is 12.0. The zero-order valence-corrected chi connectivity index (χ0v) is 22.7. The number of aromatic nitrogens is 1. The van der Waals surface area contributed by atoms with Crippen LogP contribution in [0.2, 0.25) is 0 Å². The van der Waals surface area contributed by atoms with Gasteiger partial charge in [-0.2, -0.15) is 0 Å². The molecule has 3 N–H and O–H groups in total. The number of nitrogens with zero attached hydrogens (tertiary/aromatic N) is 2. The fourth-order valence-corrected chi connectivity index (χ4v) is 3.82. The standard InChI is InChI=1S/C28H36N4O6/c1-28(2,3)38-27(35)31-22(26(33)34)13-14-29-20-10-7-18-9-12-25(30-23(18)15-20)32(4)17-19-8-11-21(36-5)16-24(19)37-6/h7-12,15-16,22,29H,13-14,17H2,1-6H3,(H,31,35)(H,33,34). The van der Waals surface area contributed by atoms with Crippen LogP contribution in [0.5, 0.6) is 11.5 Å². The van der Waals surface area contributed by atoms with Gasteiger partial charge in [-0.3, -0.25) is 0 Å². The first-order valence-corrected chi connectivity index (χ1v) is 12.3. The van der Waals surface area contributed by atoms with Gasteiger partial charge in [0.15, 0.2) is 0 Å². The van der Waals surface area contributed by atoms with E-state index in [-0.39, 0.29) is 6.42 Å². The van der Waals surface area contributed by atoms with Gasteiger partial charge in [-0.1, -0.05) is 6.07 Å². The highest BCUT2D eigenvalue weighted by atomic mass is 16.6. The third-order valence-electron chi connectivity index (χ3n) is 5.72. The van der Waals surface area contributed by atoms with Crippen molar-refractivity contribution in [3.05, 3.63) is 54.1 Å². The van der Waals surface area contributed by atoms with Gasteiger partial charge in [0.2, 0.25) is 0 Å². The molecule has 0 spiro atoms. The number of hydrogen-bond acceptors (Lipinski definition) is 8. The second kappa shape index (κ2) is 12.4. The van der Waals surface area contributed by atoms with Gasteiger partial charge >= 0.3 is 12.1 Å². The maximum absolute atomic E-state index is 12.0. The summed E-state index contributed by atoms with van der Waals surface area (Å²) in [6.07, 6.45) is -0.587. The van der Waals surface area contributed by atoms with Crippen LogP contribution in [0.1, 0.15) is 32.8 Å². The zero-order valence-electron chi connectivity index (χ0n) is 22.7. The molecule has 3 aromatic rings. The SMILES string of the molecule is COc1ccc(CN(C)c2ccc3ccc(NCCC(NC(=O)OC(C)(C)C)C(=O)O)cc3n2)c(OC)c1. The molecule has 10 nitrogen and oxygen atoms in total. The number of carbonyl (C=O) groups excluding carboxylic acids is 1. The number of fused-ring (bicyclic) bond motifs is 1. The molecule has 204 valence electrons. The van der Waals surface area contributed by atoms with Crippen molar-refractivity contribution in [1.29, 1.82) is 0 Å². The molecule has 0 aliphatic carbocycles. The number of carboxylic acids is 1. The summed E-state index contributed by atoms with van der Waals surface area (Å²) in [5.74, 6) is 1.13. The molecule has 0 aliphatic heterocycles. The monoisotopic (exact) mass is 524 g/mol. The topological polar surface area (TPSA) is 122 Å². The predicted octanol–water partition coefficient (Wildman–Crippen LogP) is 4.67. The predicted molar refractivity (Wildman–Crippen MR) is 147 cm³/mol. The van der Waals surface area contributed by atoms with Crippen LogP contribution >= 0.6 is 0 Å². The van der Waals surface area contributed by atoms with Crippen molar-refractivity contribution >= 4 is 34.5 Å². The van der Waals surface area contributed by atoms with Gasteiger partial charge in [-0.15, -0.1) is 0 Å². The van der Waals surface area contributed by atoms with E-state index in [0.717, 1.165) is 39.5 Å². The molecule has 2 aromatic carbocycles. The molecule has 1 aromatic heterocycles. The summed E-state index contributed by atoms with van der Waals surface area (Å²) in [4.78, 5) is 30.4. The molecule has 0 fully saturated rings. The first-order valence-electron chi connectivity index (χ1n) is 12.3. The van der Waals surface area contributed by atoms with Crippen molar-refractivity contribution in [1.82, 2.24) is 10.3 Å². The van der Waals surface area contributed by atoms with Crippen LogP contribution in [-0.4, -0.2) is 61.6 Å². The van der Waals surface area contributed by atoms with E-state index in [1.165, 1.54) is 0 Å². The normalized spacial score (nSPS) is 11.9. The van der Waals surface area contributed by atoms with Crippen molar-refractivity contribution in [2.45, 2.75) is 45.4 Å². The minimum Gasteiger partial charge on any atom is -0.497 e. The number of rotatable bonds is 11. The molecule has 0 saturated carbocycles. The van der Waals surface area contributed by atoms with E-state index in [1.807, 2.05) is 60.5 Å². The Hall–Kier alpha value is -4.21. The molecule has 0 radical (unpaired) electrons. The Kier molecular flexibility index (Phi) is 9.22. The van der Waals surface area contributed by atoms with Crippen molar-refractivity contribution in [3.8, 4) is 11.5 Å². The van der Waals surface area contributed by atoms with Crippen LogP contribution in [-0.2, 0) is 16.1 Å². The second-order valence-electron chi connectivity index (χ2n) is 9.86. The Balaban J connectivity index is 1.66. The van der Waals surface area contributed by atoms with E-state index in [4.69, 9.17) is 19.2 Å². The number of ether oxygens (including phenoxy) is 3. The summed E-state index contributed by atoms with van der Waals surface area (Å²) >= 11 is 0. The average Bonchev–Trinajstić information content (AvgIpc) is 2.86. The van der Waals surface area contributed by atoms with Crippen LogP contribution in [0, 0.1) is 0 Å². The molecule has 1 atom stereocenters. The van der Waals surface area contributed by atoms with E-state index >= 15 is 0 Å². The van der Waals surface area contributed by atoms with Gasteiger partial charge in [0.25, 0.3) is 0 Å². The van der Waals surface area contributed by atoms with Gasteiger partial charge in [-0.25, -0.2) is 14.6 Å². The fraction of sp³-hybridized carbons (Fsp3) is 0.393. The lowest BCUT2D eigenvalue weighted by Crippen LogP contribution is -2.44. The van der Waals surface area contributed by atoms with Crippen molar-refractivity contribution < 1.29 is 28.9 Å². The third kappa shape index (κ3) is 7.89. The molecule has 10 heteroatoms. The van der Waals surface area contributed by atoms with E-state index in [1.54, 1.807) is 35.0 Å². The highest BCUT2D eigenvalue weighted by molar-refractivity contribution is 5.84. The summed E-state index contributed by atoms with van der Waals surface area (Å²) in [5.41, 5.74) is 1.88. The van der Waals surface area contributed by atoms with Crippen molar-refractivity contribution in [3.63, 3.8) is 0 Å². The largest absolute Gasteiger partial charge is 0.497 e. The summed E-state index contributed by atoms with van der Waals surface area (Å²) in [7, 11) is 5.21. The quantitative estimate of drug-likeness (QED) is 0.328. The van der Waals surface area contributed by atoms with Gasteiger partial charge in [-0.05, 0) is 63.6 Å². The fourth-order valence-electron chi connectivity index (χ4n) is 3.82. The minimum absolute atomic E-state index is 0.173. The molecule has 1 amide bonds. The molecule has 0 aliphatic rings. The number of carboxylic acid groups (broad SMARTS) is 1. The number of aliphatic carboxylic acids is 1. The molecular weight excluding hydrogens is 488 g/mol. The van der Waals surface area contributed by atoms with Crippen LogP contribution in [0.15, 0.2) is 48.5 Å². The third-order valence-corrected chi connectivity index (χ3v) is 5.72. The number of benzene rings is 2. The number of amides is 1. The van der Waals surface area contributed by atoms with Crippen LogP contribution in [0.3, 0.4) is 0 Å². The number of methoxy groups -OCH3 is 2. The lowest BCUT2D eigenvalue weighted by atomic mass is 10.1. The van der Waals surface area contributed by atoms with E-state index in [0.29, 0.717) is 13.1 Å². The van der Waals surface area contributed by atoms with Gasteiger partial charge < -0.3 is 34.9 Å². The summed E-state index contributed by atoms with van der Waals surface area (Å²) < 4.78 is 16.0. The van der Waals surface area contributed by atoms with Gasteiger partial charge in [0, 0.05) is 42.8 Å². The Bertz CT molecular complexity index is 1270. The highest BCUT2D eigenvalue weighted by Gasteiger charge is 2.23. The first-order chi connectivity index (χ1) is 18.0. The number of carbonyl (C=O) groups is 2. The smallest absolute Gasteiger partial charge is 0.408 e. The van der Waals surface area contributed by atoms with Gasteiger partial charge in [0.05, 0.1) is 19.7 Å². The Morgan fingerprint density at radius 1 is 1.05 bits per heavy atom. The van der Waals surface area contributed by atoms with Crippen molar-refractivity contribution in [2.24, 2.45) is 0 Å². The molecular formula is C28H36N4O6. The Morgan fingerprint density at radius 2 is 1.79 bits per heavy atom. The number of pyridine rings is 1. The van der Waals surface area contributed by atoms with Crippen LogP contribution < -0.4 is 25.0 Å². The molecule has 0 saturated heterocycles. The molecule has 38 heavy (non-hydrogen) atoms. The zero-order chi connectivity index (χ0) is 27.9. The summed E-state index contributed by atoms with van der Waals surface area (Å²) in [5, 5.41) is 16.1. The minimum atomic E-state index is -1.13. The molecule has 1 heterocycles. The number of hydrogen-bond donors (Lipinski definition) is 3. The maximum Gasteiger partial charge on any atom is 0.408 e. The van der Waals surface area contributed by atoms with Gasteiger partial charge in [0.1, 0.15) is 29.0 Å². The number of anilines is 2. The first kappa shape index (κ1) is 28.4. The van der Waals surface area contributed by atoms with E-state index in [2.05, 4.69) is 10.6 Å². The highest BCUT2D eigenvalue weighted by Crippen LogP contribution is 2.27. The molecule has 1 unspecified atom stereocenters. The van der Waals surface area contributed by atoms with Crippen LogP contribution in [0.4, 0.5) is 16.3 Å². The number of alkyl carbamates (subject to hydrolysis) is 1. The molecule has 0 bridgehead atoms. The van der Waals surface area contributed by atoms with Crippen LogP contribution in [0.25, 0.3) is 10.9 Å². The van der Waals surface area contributed by atoms with Crippen molar-refractivity contribution in [2.75, 3.05) is 38.0 Å². The lowest BCUT2D eigenvalue weighted by molar-refractivity contribution is -0.139. The van der Waals surface area contributed by atoms with E-state index < -0.39 is 23.7 Å². The summed E-state index contributed by atoms with van der Waals surface area (Å²) in [6.45, 7) is 6.07. The average molecular weight is 525 g/mol. The lowest BCUT2D eigenvalue weighted by Gasteiger charge is -2.22. The van der Waals surface area contributed by atoms with E-state index in [9.17, 15) is 14.7 Å². The Labute approximate surface area is 222 Å². The number of nitrogens with one attached hydrogen (secondary N) is 2. The Morgan fingerprint density at radius 3 is 2.45 bits per heavy atom. The second-order valence-corrected chi connectivity index (χ2v) is 9.86. The molecule has 3 rings (SSSR count). The summed E-state index contributed by atoms with van der Waals surface area (Å²) in [6, 6.07) is 14.4.